The lowest BCUT2D eigenvalue weighted by Crippen LogP contribution is -2.15. The van der Waals surface area contributed by atoms with Gasteiger partial charge in [-0.3, -0.25) is 9.89 Å². The smallest absolute Gasteiger partial charge is 0.273 e. The number of para-hydroxylation sites is 1. The number of fused-ring (bicyclic) bond motifs is 1. The van der Waals surface area contributed by atoms with Crippen molar-refractivity contribution < 1.29 is 9.47 Å². The number of aromatic nitrogens is 3. The van der Waals surface area contributed by atoms with Crippen LogP contribution in [0.1, 0.15) is 18.2 Å². The molecule has 0 radical (unpaired) electrons. The summed E-state index contributed by atoms with van der Waals surface area (Å²) in [7, 11) is 0. The third kappa shape index (κ3) is 3.77. The number of ether oxygens (including phenoxy) is 2. The van der Waals surface area contributed by atoms with Crippen molar-refractivity contribution in [2.24, 2.45) is 0 Å². The maximum absolute atomic E-state index is 12.6. The molecule has 6 nitrogen and oxygen atoms in total. The second-order valence-corrected chi connectivity index (χ2v) is 6.78. The molecule has 4 aromatic rings. The molecule has 0 spiro atoms. The molecule has 7 heteroatoms. The molecule has 0 fully saturated rings. The van der Waals surface area contributed by atoms with Gasteiger partial charge in [0.2, 0.25) is 0 Å². The summed E-state index contributed by atoms with van der Waals surface area (Å²) >= 11 is 5.36. The number of nitrogens with zero attached hydrogens (tertiary/aromatic N) is 2. The van der Waals surface area contributed by atoms with Crippen molar-refractivity contribution >= 4 is 22.9 Å². The van der Waals surface area contributed by atoms with Gasteiger partial charge in [-0.05, 0) is 62.5 Å². The number of H-pyrrole nitrogens is 1. The van der Waals surface area contributed by atoms with Gasteiger partial charge in [-0.25, -0.2) is 9.50 Å². The minimum absolute atomic E-state index is 0.219. The van der Waals surface area contributed by atoms with Crippen LogP contribution in [-0.2, 0) is 4.74 Å². The standard InChI is InChI=1S/C22H19N3O3S/c1-3-27-22(29)20-14(2)24-25-19(26)13-18(23-21(20)25)15-9-11-17(12-10-15)28-16-7-5-4-6-8-16/h4-13,24H,3H2,1-2H3. The van der Waals surface area contributed by atoms with Gasteiger partial charge in [-0.15, -0.1) is 0 Å². The number of aromatic amines is 1. The van der Waals surface area contributed by atoms with Gasteiger partial charge < -0.3 is 9.47 Å². The first kappa shape index (κ1) is 18.9. The van der Waals surface area contributed by atoms with Crippen LogP contribution < -0.4 is 10.3 Å². The van der Waals surface area contributed by atoms with E-state index in [-0.39, 0.29) is 5.56 Å². The summed E-state index contributed by atoms with van der Waals surface area (Å²) in [6.45, 7) is 4.15. The molecule has 0 aliphatic heterocycles. The molecule has 0 aliphatic carbocycles. The van der Waals surface area contributed by atoms with E-state index in [1.807, 2.05) is 68.4 Å². The average Bonchev–Trinajstić information content (AvgIpc) is 3.06. The molecule has 0 amide bonds. The van der Waals surface area contributed by atoms with Crippen molar-refractivity contribution in [3.63, 3.8) is 0 Å². The van der Waals surface area contributed by atoms with Crippen LogP contribution in [0.25, 0.3) is 16.9 Å². The zero-order chi connectivity index (χ0) is 20.4. The first-order chi connectivity index (χ1) is 14.1. The number of thiocarbonyl (C=S) groups is 1. The Kier molecular flexibility index (Phi) is 5.14. The summed E-state index contributed by atoms with van der Waals surface area (Å²) < 4.78 is 12.7. The van der Waals surface area contributed by atoms with Gasteiger partial charge in [0, 0.05) is 17.3 Å². The molecule has 0 atom stereocenters. The first-order valence-corrected chi connectivity index (χ1v) is 9.60. The molecule has 2 heterocycles. The van der Waals surface area contributed by atoms with Gasteiger partial charge in [0.05, 0.1) is 17.9 Å². The number of benzene rings is 2. The second-order valence-electron chi connectivity index (χ2n) is 6.41. The highest BCUT2D eigenvalue weighted by atomic mass is 32.1. The fourth-order valence-corrected chi connectivity index (χ4v) is 3.43. The fraction of sp³-hybridized carbons (Fsp3) is 0.136. The van der Waals surface area contributed by atoms with Crippen LogP contribution in [0.3, 0.4) is 0 Å². The monoisotopic (exact) mass is 405 g/mol. The van der Waals surface area contributed by atoms with E-state index in [9.17, 15) is 4.79 Å². The van der Waals surface area contributed by atoms with Crippen LogP contribution in [0.4, 0.5) is 0 Å². The molecule has 146 valence electrons. The van der Waals surface area contributed by atoms with E-state index >= 15 is 0 Å². The molecule has 0 unspecified atom stereocenters. The van der Waals surface area contributed by atoms with E-state index in [2.05, 4.69) is 10.1 Å². The van der Waals surface area contributed by atoms with Crippen LogP contribution in [0.15, 0.2) is 65.5 Å². The Bertz CT molecular complexity index is 1230. The Balaban J connectivity index is 1.71. The third-order valence-corrected chi connectivity index (χ3v) is 4.73. The van der Waals surface area contributed by atoms with Crippen LogP contribution in [-0.4, -0.2) is 26.3 Å². The molecule has 0 saturated heterocycles. The van der Waals surface area contributed by atoms with E-state index in [0.29, 0.717) is 34.3 Å². The highest BCUT2D eigenvalue weighted by Crippen LogP contribution is 2.25. The number of hydrogen-bond acceptors (Lipinski definition) is 5. The zero-order valence-electron chi connectivity index (χ0n) is 16.0. The molecule has 0 bridgehead atoms. The highest BCUT2D eigenvalue weighted by molar-refractivity contribution is 7.80. The van der Waals surface area contributed by atoms with Gasteiger partial charge in [-0.1, -0.05) is 18.2 Å². The molecular formula is C22H19N3O3S. The molecular weight excluding hydrogens is 386 g/mol. The predicted octanol–water partition coefficient (Wildman–Crippen LogP) is 4.50. The Morgan fingerprint density at radius 1 is 1.10 bits per heavy atom. The summed E-state index contributed by atoms with van der Waals surface area (Å²) in [5, 5.41) is 3.32. The minimum atomic E-state index is -0.219. The first-order valence-electron chi connectivity index (χ1n) is 9.19. The van der Waals surface area contributed by atoms with Crippen molar-refractivity contribution in [3.05, 3.63) is 82.3 Å². The lowest BCUT2D eigenvalue weighted by atomic mass is 10.1. The largest absolute Gasteiger partial charge is 0.483 e. The van der Waals surface area contributed by atoms with Crippen LogP contribution in [0.5, 0.6) is 11.5 Å². The molecule has 4 rings (SSSR count). The van der Waals surface area contributed by atoms with Crippen molar-refractivity contribution in [3.8, 4) is 22.8 Å². The Morgan fingerprint density at radius 3 is 2.48 bits per heavy atom. The van der Waals surface area contributed by atoms with Crippen LogP contribution in [0, 0.1) is 6.92 Å². The molecule has 29 heavy (non-hydrogen) atoms. The van der Waals surface area contributed by atoms with Crippen molar-refractivity contribution in [1.29, 1.82) is 0 Å². The Hall–Kier alpha value is -3.45. The van der Waals surface area contributed by atoms with E-state index in [4.69, 9.17) is 21.7 Å². The zero-order valence-corrected chi connectivity index (χ0v) is 16.8. The molecule has 0 saturated carbocycles. The lowest BCUT2D eigenvalue weighted by molar-refractivity contribution is 0.338. The van der Waals surface area contributed by atoms with Gasteiger partial charge in [0.25, 0.3) is 5.56 Å². The summed E-state index contributed by atoms with van der Waals surface area (Å²) in [4.78, 5) is 17.3. The Morgan fingerprint density at radius 2 is 1.79 bits per heavy atom. The molecule has 1 N–H and O–H groups in total. The Labute approximate surface area is 172 Å². The van der Waals surface area contributed by atoms with E-state index in [1.165, 1.54) is 10.6 Å². The number of rotatable bonds is 5. The van der Waals surface area contributed by atoms with Gasteiger partial charge in [-0.2, -0.15) is 0 Å². The predicted molar refractivity (Wildman–Crippen MR) is 116 cm³/mol. The highest BCUT2D eigenvalue weighted by Gasteiger charge is 2.18. The van der Waals surface area contributed by atoms with Gasteiger partial charge in [0.15, 0.2) is 10.7 Å². The van der Waals surface area contributed by atoms with E-state index in [1.54, 1.807) is 0 Å². The molecule has 0 aliphatic rings. The lowest BCUT2D eigenvalue weighted by Gasteiger charge is -2.07. The summed E-state index contributed by atoms with van der Waals surface area (Å²) in [5.41, 5.74) is 2.95. The number of aryl methyl sites for hydroxylation is 1. The summed E-state index contributed by atoms with van der Waals surface area (Å²) in [6.07, 6.45) is 0. The van der Waals surface area contributed by atoms with E-state index < -0.39 is 0 Å². The number of hydrogen-bond donors (Lipinski definition) is 1. The van der Waals surface area contributed by atoms with Gasteiger partial charge in [0.1, 0.15) is 11.5 Å². The number of nitrogens with one attached hydrogen (secondary N) is 1. The summed E-state index contributed by atoms with van der Waals surface area (Å²) in [5.74, 6) is 1.46. The average molecular weight is 405 g/mol. The van der Waals surface area contributed by atoms with Crippen molar-refractivity contribution in [1.82, 2.24) is 14.6 Å². The van der Waals surface area contributed by atoms with Crippen LogP contribution in [0.2, 0.25) is 0 Å². The maximum Gasteiger partial charge on any atom is 0.273 e. The van der Waals surface area contributed by atoms with Crippen LogP contribution >= 0.6 is 12.2 Å². The normalized spacial score (nSPS) is 10.8. The van der Waals surface area contributed by atoms with Crippen molar-refractivity contribution in [2.45, 2.75) is 13.8 Å². The molecule has 2 aromatic heterocycles. The maximum atomic E-state index is 12.6. The SMILES string of the molecule is CCOC(=S)c1c(C)[nH]n2c(=O)cc(-c3ccc(Oc4ccccc4)cc3)nc12. The quantitative estimate of drug-likeness (QED) is 0.495. The second kappa shape index (κ2) is 7.89. The fourth-order valence-electron chi connectivity index (χ4n) is 3.06. The van der Waals surface area contributed by atoms with E-state index in [0.717, 1.165) is 17.0 Å². The minimum Gasteiger partial charge on any atom is -0.483 e. The topological polar surface area (TPSA) is 68.6 Å². The third-order valence-electron chi connectivity index (χ3n) is 4.41. The summed E-state index contributed by atoms with van der Waals surface area (Å²) in [6, 6.07) is 18.5. The molecule has 2 aromatic carbocycles. The van der Waals surface area contributed by atoms with Crippen molar-refractivity contribution in [2.75, 3.05) is 6.61 Å². The van der Waals surface area contributed by atoms with Gasteiger partial charge >= 0.3 is 0 Å².